The smallest absolute Gasteiger partial charge is 0.373 e. The van der Waals surface area contributed by atoms with Gasteiger partial charge in [0.15, 0.2) is 5.69 Å². The van der Waals surface area contributed by atoms with Gasteiger partial charge in [-0.05, 0) is 13.8 Å². The first-order chi connectivity index (χ1) is 8.34. The third-order valence-electron chi connectivity index (χ3n) is 2.70. The lowest BCUT2D eigenvalue weighted by atomic mass is 10.2. The summed E-state index contributed by atoms with van der Waals surface area (Å²) in [6.07, 6.45) is -4.13. The van der Waals surface area contributed by atoms with Crippen molar-refractivity contribution < 1.29 is 17.9 Å². The van der Waals surface area contributed by atoms with Gasteiger partial charge in [-0.15, -0.1) is 11.3 Å². The largest absolute Gasteiger partial charge is 0.434 e. The average molecular weight is 280 g/mol. The highest BCUT2D eigenvalue weighted by molar-refractivity contribution is 7.09. The lowest BCUT2D eigenvalue weighted by Gasteiger charge is -2.34. The first-order valence-electron chi connectivity index (χ1n) is 5.74. The zero-order valence-corrected chi connectivity index (χ0v) is 11.0. The van der Waals surface area contributed by atoms with E-state index in [9.17, 15) is 13.2 Å². The van der Waals surface area contributed by atoms with Gasteiger partial charge in [-0.25, -0.2) is 4.98 Å². The van der Waals surface area contributed by atoms with Gasteiger partial charge in [0.1, 0.15) is 5.01 Å². The average Bonchev–Trinajstić information content (AvgIpc) is 2.63. The molecule has 1 aliphatic heterocycles. The molecule has 1 fully saturated rings. The Kier molecular flexibility index (Phi) is 3.93. The molecule has 0 amide bonds. The normalized spacial score (nSPS) is 26.5. The zero-order chi connectivity index (χ0) is 13.3. The van der Waals surface area contributed by atoms with Crippen LogP contribution in [0.5, 0.6) is 0 Å². The highest BCUT2D eigenvalue weighted by Crippen LogP contribution is 2.30. The molecule has 0 radical (unpaired) electrons. The maximum Gasteiger partial charge on any atom is 0.434 e. The molecule has 0 spiro atoms. The molecule has 1 aliphatic rings. The van der Waals surface area contributed by atoms with Gasteiger partial charge in [-0.3, -0.25) is 4.90 Å². The predicted molar refractivity (Wildman–Crippen MR) is 62.4 cm³/mol. The summed E-state index contributed by atoms with van der Waals surface area (Å²) >= 11 is 1.06. The molecule has 1 saturated heterocycles. The SMILES string of the molecule is CC1CN(Cc2nc(C(F)(F)F)cs2)CC(C)O1. The number of nitrogens with zero attached hydrogens (tertiary/aromatic N) is 2. The van der Waals surface area contributed by atoms with E-state index in [2.05, 4.69) is 9.88 Å². The molecule has 0 aromatic carbocycles. The van der Waals surface area contributed by atoms with E-state index < -0.39 is 11.9 Å². The van der Waals surface area contributed by atoms with Crippen molar-refractivity contribution in [2.24, 2.45) is 0 Å². The Labute approximate surface area is 108 Å². The minimum absolute atomic E-state index is 0.107. The maximum absolute atomic E-state index is 12.4. The summed E-state index contributed by atoms with van der Waals surface area (Å²) in [4.78, 5) is 5.72. The number of ether oxygens (including phenoxy) is 1. The van der Waals surface area contributed by atoms with Crippen molar-refractivity contribution >= 4 is 11.3 Å². The van der Waals surface area contributed by atoms with E-state index in [1.165, 1.54) is 0 Å². The zero-order valence-electron chi connectivity index (χ0n) is 10.2. The highest BCUT2D eigenvalue weighted by atomic mass is 32.1. The molecule has 7 heteroatoms. The van der Waals surface area contributed by atoms with Crippen LogP contribution in [0, 0.1) is 0 Å². The Morgan fingerprint density at radius 1 is 1.39 bits per heavy atom. The number of hydrogen-bond acceptors (Lipinski definition) is 4. The lowest BCUT2D eigenvalue weighted by molar-refractivity contribution is -0.140. The molecule has 18 heavy (non-hydrogen) atoms. The number of alkyl halides is 3. The molecule has 1 aromatic heterocycles. The number of thiazole rings is 1. The Morgan fingerprint density at radius 2 is 2.00 bits per heavy atom. The van der Waals surface area contributed by atoms with E-state index in [4.69, 9.17) is 4.74 Å². The van der Waals surface area contributed by atoms with Crippen LogP contribution in [-0.2, 0) is 17.5 Å². The molecule has 2 unspecified atom stereocenters. The third kappa shape index (κ3) is 3.43. The summed E-state index contributed by atoms with van der Waals surface area (Å²) in [6, 6.07) is 0. The molecule has 3 nitrogen and oxygen atoms in total. The van der Waals surface area contributed by atoms with Crippen molar-refractivity contribution in [1.82, 2.24) is 9.88 Å². The van der Waals surface area contributed by atoms with Gasteiger partial charge in [-0.2, -0.15) is 13.2 Å². The third-order valence-corrected chi connectivity index (χ3v) is 3.53. The highest BCUT2D eigenvalue weighted by Gasteiger charge is 2.34. The molecular weight excluding hydrogens is 265 g/mol. The van der Waals surface area contributed by atoms with Crippen molar-refractivity contribution in [1.29, 1.82) is 0 Å². The van der Waals surface area contributed by atoms with E-state index in [-0.39, 0.29) is 12.2 Å². The first-order valence-corrected chi connectivity index (χ1v) is 6.62. The van der Waals surface area contributed by atoms with Gasteiger partial charge >= 0.3 is 6.18 Å². The molecule has 0 N–H and O–H groups in total. The number of halogens is 3. The van der Waals surface area contributed by atoms with Crippen molar-refractivity contribution in [3.05, 3.63) is 16.1 Å². The van der Waals surface area contributed by atoms with Crippen LogP contribution in [0.3, 0.4) is 0 Å². The topological polar surface area (TPSA) is 25.4 Å². The van der Waals surface area contributed by atoms with E-state index >= 15 is 0 Å². The van der Waals surface area contributed by atoms with Crippen LogP contribution in [0.15, 0.2) is 5.38 Å². The van der Waals surface area contributed by atoms with E-state index in [0.717, 1.165) is 29.8 Å². The second-order valence-electron chi connectivity index (χ2n) is 4.58. The summed E-state index contributed by atoms with van der Waals surface area (Å²) < 4.78 is 42.8. The number of morpholine rings is 1. The van der Waals surface area contributed by atoms with Crippen LogP contribution in [0.2, 0.25) is 0 Å². The fourth-order valence-corrected chi connectivity index (χ4v) is 2.96. The van der Waals surface area contributed by atoms with Crippen LogP contribution >= 0.6 is 11.3 Å². The first kappa shape index (κ1) is 13.8. The van der Waals surface area contributed by atoms with Crippen LogP contribution in [0.25, 0.3) is 0 Å². The van der Waals surface area contributed by atoms with Crippen LogP contribution < -0.4 is 0 Å². The Balaban J connectivity index is 1.99. The monoisotopic (exact) mass is 280 g/mol. The lowest BCUT2D eigenvalue weighted by Crippen LogP contribution is -2.44. The Morgan fingerprint density at radius 3 is 2.50 bits per heavy atom. The van der Waals surface area contributed by atoms with Gasteiger partial charge in [-0.1, -0.05) is 0 Å². The van der Waals surface area contributed by atoms with E-state index in [0.29, 0.717) is 11.6 Å². The predicted octanol–water partition coefficient (Wildman–Crippen LogP) is 2.77. The summed E-state index contributed by atoms with van der Waals surface area (Å²) in [5.74, 6) is 0. The van der Waals surface area contributed by atoms with Gasteiger partial charge in [0.25, 0.3) is 0 Å². The summed E-state index contributed by atoms with van der Waals surface area (Å²) in [5, 5.41) is 1.58. The van der Waals surface area contributed by atoms with Crippen LogP contribution in [-0.4, -0.2) is 35.2 Å². The summed E-state index contributed by atoms with van der Waals surface area (Å²) in [6.45, 7) is 5.84. The molecule has 0 saturated carbocycles. The molecular formula is C11H15F3N2OS. The van der Waals surface area contributed by atoms with Crippen molar-refractivity contribution in [3.8, 4) is 0 Å². The molecule has 2 atom stereocenters. The number of aromatic nitrogens is 1. The fraction of sp³-hybridized carbons (Fsp3) is 0.727. The van der Waals surface area contributed by atoms with E-state index in [1.807, 2.05) is 13.8 Å². The summed E-state index contributed by atoms with van der Waals surface area (Å²) in [5.41, 5.74) is -0.795. The Hall–Kier alpha value is -0.660. The van der Waals surface area contributed by atoms with Gasteiger partial charge in [0.05, 0.1) is 18.8 Å². The minimum atomic E-state index is -4.35. The Bertz CT molecular complexity index is 397. The molecule has 2 rings (SSSR count). The molecule has 102 valence electrons. The van der Waals surface area contributed by atoms with Crippen LogP contribution in [0.4, 0.5) is 13.2 Å². The van der Waals surface area contributed by atoms with Gasteiger partial charge in [0, 0.05) is 18.5 Å². The quantitative estimate of drug-likeness (QED) is 0.833. The van der Waals surface area contributed by atoms with Gasteiger partial charge in [0.2, 0.25) is 0 Å². The van der Waals surface area contributed by atoms with Crippen molar-refractivity contribution in [3.63, 3.8) is 0 Å². The standard InChI is InChI=1S/C11H15F3N2OS/c1-7-3-16(4-8(2)17-7)5-10-15-9(6-18-10)11(12,13)14/h6-8H,3-5H2,1-2H3. The van der Waals surface area contributed by atoms with Crippen molar-refractivity contribution in [2.45, 2.75) is 38.8 Å². The second kappa shape index (κ2) is 5.14. The number of rotatable bonds is 2. The molecule has 1 aromatic rings. The van der Waals surface area contributed by atoms with E-state index in [1.54, 1.807) is 0 Å². The fourth-order valence-electron chi connectivity index (χ4n) is 2.12. The molecule has 0 aliphatic carbocycles. The molecule has 0 bridgehead atoms. The van der Waals surface area contributed by atoms with Crippen LogP contribution in [0.1, 0.15) is 24.5 Å². The maximum atomic E-state index is 12.4. The summed E-state index contributed by atoms with van der Waals surface area (Å²) in [7, 11) is 0. The second-order valence-corrected chi connectivity index (χ2v) is 5.52. The number of hydrogen-bond donors (Lipinski definition) is 0. The molecule has 2 heterocycles. The van der Waals surface area contributed by atoms with Gasteiger partial charge < -0.3 is 4.74 Å². The minimum Gasteiger partial charge on any atom is -0.373 e. The van der Waals surface area contributed by atoms with Crippen molar-refractivity contribution in [2.75, 3.05) is 13.1 Å².